The molecule has 0 bridgehead atoms. The first-order valence-corrected chi connectivity index (χ1v) is 7.33. The Bertz CT molecular complexity index is 685. The molecule has 2 aromatic rings. The Morgan fingerprint density at radius 2 is 1.82 bits per heavy atom. The number of nitrogens with one attached hydrogen (secondary N) is 1. The third-order valence-corrected chi connectivity index (χ3v) is 3.93. The molecule has 3 rings (SSSR count). The molecule has 114 valence electrons. The van der Waals surface area contributed by atoms with Crippen LogP contribution in [0.25, 0.3) is 0 Å². The van der Waals surface area contributed by atoms with Gasteiger partial charge in [0, 0.05) is 11.9 Å². The Hall–Kier alpha value is -2.63. The quantitative estimate of drug-likeness (QED) is 0.909. The zero-order valence-electron chi connectivity index (χ0n) is 12.0. The third-order valence-electron chi connectivity index (χ3n) is 3.93. The standard InChI is InChI=1S/C16H17N3O3/c20-15(17-12-7-5-11(6-8-12)16(21)22)14-9-10-19(18-14)13-3-1-2-4-13/h5-10,13H,1-4H2,(H,17,20)(H,21,22). The molecule has 0 radical (unpaired) electrons. The molecule has 1 amide bonds. The fraction of sp³-hybridized carbons (Fsp3) is 0.312. The number of carbonyl (C=O) groups excluding carboxylic acids is 1. The maximum Gasteiger partial charge on any atom is 0.335 e. The van der Waals surface area contributed by atoms with Gasteiger partial charge in [0.1, 0.15) is 0 Å². The van der Waals surface area contributed by atoms with Gasteiger partial charge in [0.2, 0.25) is 0 Å². The molecule has 0 saturated heterocycles. The lowest BCUT2D eigenvalue weighted by atomic mass is 10.2. The van der Waals surface area contributed by atoms with Crippen molar-refractivity contribution in [3.05, 3.63) is 47.8 Å². The summed E-state index contributed by atoms with van der Waals surface area (Å²) in [6.07, 6.45) is 6.49. The van der Waals surface area contributed by atoms with Gasteiger partial charge in [-0.25, -0.2) is 4.79 Å². The average Bonchev–Trinajstić information content (AvgIpc) is 3.19. The van der Waals surface area contributed by atoms with Gasteiger partial charge in [-0.2, -0.15) is 5.10 Å². The molecule has 22 heavy (non-hydrogen) atoms. The van der Waals surface area contributed by atoms with E-state index in [9.17, 15) is 9.59 Å². The highest BCUT2D eigenvalue weighted by atomic mass is 16.4. The number of aromatic carboxylic acids is 1. The van der Waals surface area contributed by atoms with Crippen LogP contribution in [0.15, 0.2) is 36.5 Å². The zero-order valence-corrected chi connectivity index (χ0v) is 12.0. The monoisotopic (exact) mass is 299 g/mol. The number of benzene rings is 1. The molecule has 1 aliphatic carbocycles. The van der Waals surface area contributed by atoms with Gasteiger partial charge in [0.15, 0.2) is 5.69 Å². The van der Waals surface area contributed by atoms with Gasteiger partial charge in [-0.15, -0.1) is 0 Å². The van der Waals surface area contributed by atoms with Crippen molar-refractivity contribution in [3.8, 4) is 0 Å². The van der Waals surface area contributed by atoms with E-state index in [1.165, 1.54) is 25.0 Å². The Morgan fingerprint density at radius 1 is 1.14 bits per heavy atom. The maximum atomic E-state index is 12.2. The van der Waals surface area contributed by atoms with E-state index < -0.39 is 5.97 Å². The van der Waals surface area contributed by atoms with E-state index >= 15 is 0 Å². The normalized spacial score (nSPS) is 14.9. The van der Waals surface area contributed by atoms with Gasteiger partial charge in [-0.05, 0) is 43.2 Å². The summed E-state index contributed by atoms with van der Waals surface area (Å²) < 4.78 is 1.87. The average molecular weight is 299 g/mol. The van der Waals surface area contributed by atoms with Crippen molar-refractivity contribution in [3.63, 3.8) is 0 Å². The van der Waals surface area contributed by atoms with Crippen LogP contribution in [0.2, 0.25) is 0 Å². The first kappa shape index (κ1) is 14.3. The second-order valence-electron chi connectivity index (χ2n) is 5.46. The van der Waals surface area contributed by atoms with E-state index in [0.29, 0.717) is 17.4 Å². The molecule has 1 aromatic heterocycles. The Balaban J connectivity index is 1.67. The second-order valence-corrected chi connectivity index (χ2v) is 5.46. The third kappa shape index (κ3) is 3.00. The van der Waals surface area contributed by atoms with Gasteiger partial charge in [0.05, 0.1) is 11.6 Å². The van der Waals surface area contributed by atoms with Crippen LogP contribution in [0.4, 0.5) is 5.69 Å². The van der Waals surface area contributed by atoms with Gasteiger partial charge >= 0.3 is 5.97 Å². The van der Waals surface area contributed by atoms with Crippen molar-refractivity contribution in [2.75, 3.05) is 5.32 Å². The van der Waals surface area contributed by atoms with Crippen LogP contribution >= 0.6 is 0 Å². The summed E-state index contributed by atoms with van der Waals surface area (Å²) in [5, 5.41) is 15.9. The van der Waals surface area contributed by atoms with E-state index in [2.05, 4.69) is 10.4 Å². The Morgan fingerprint density at radius 3 is 2.45 bits per heavy atom. The zero-order chi connectivity index (χ0) is 15.5. The topological polar surface area (TPSA) is 84.2 Å². The minimum absolute atomic E-state index is 0.184. The molecule has 6 nitrogen and oxygen atoms in total. The van der Waals surface area contributed by atoms with E-state index in [0.717, 1.165) is 12.8 Å². The molecule has 0 aliphatic heterocycles. The molecule has 1 fully saturated rings. The number of hydrogen-bond acceptors (Lipinski definition) is 3. The smallest absolute Gasteiger partial charge is 0.335 e. The van der Waals surface area contributed by atoms with Gasteiger partial charge in [-0.1, -0.05) is 12.8 Å². The van der Waals surface area contributed by atoms with Crippen LogP contribution < -0.4 is 5.32 Å². The van der Waals surface area contributed by atoms with Crippen LogP contribution in [-0.4, -0.2) is 26.8 Å². The maximum absolute atomic E-state index is 12.2. The lowest BCUT2D eigenvalue weighted by Crippen LogP contribution is -2.14. The molecule has 1 saturated carbocycles. The van der Waals surface area contributed by atoms with E-state index in [1.54, 1.807) is 18.2 Å². The lowest BCUT2D eigenvalue weighted by Gasteiger charge is -2.08. The first-order valence-electron chi connectivity index (χ1n) is 7.33. The Kier molecular flexibility index (Phi) is 3.91. The molecular formula is C16H17N3O3. The minimum atomic E-state index is -0.992. The fourth-order valence-electron chi connectivity index (χ4n) is 2.72. The van der Waals surface area contributed by atoms with Gasteiger partial charge in [0.25, 0.3) is 5.91 Å². The first-order chi connectivity index (χ1) is 10.6. The number of carbonyl (C=O) groups is 2. The highest BCUT2D eigenvalue weighted by molar-refractivity contribution is 6.03. The van der Waals surface area contributed by atoms with Crippen LogP contribution in [0.5, 0.6) is 0 Å². The van der Waals surface area contributed by atoms with Crippen molar-refractivity contribution < 1.29 is 14.7 Å². The molecule has 1 aromatic carbocycles. The molecule has 2 N–H and O–H groups in total. The van der Waals surface area contributed by atoms with Gasteiger partial charge in [-0.3, -0.25) is 9.48 Å². The van der Waals surface area contributed by atoms with E-state index in [1.807, 2.05) is 10.9 Å². The van der Waals surface area contributed by atoms with Crippen LogP contribution in [-0.2, 0) is 0 Å². The lowest BCUT2D eigenvalue weighted by molar-refractivity contribution is 0.0696. The van der Waals surface area contributed by atoms with Gasteiger partial charge < -0.3 is 10.4 Å². The number of aromatic nitrogens is 2. The predicted molar refractivity (Wildman–Crippen MR) is 81.1 cm³/mol. The summed E-state index contributed by atoms with van der Waals surface area (Å²) in [6, 6.07) is 8.14. The number of rotatable bonds is 4. The Labute approximate surface area is 127 Å². The summed E-state index contributed by atoms with van der Waals surface area (Å²) in [5.74, 6) is -1.28. The summed E-state index contributed by atoms with van der Waals surface area (Å²) in [7, 11) is 0. The second kappa shape index (κ2) is 6.01. The summed E-state index contributed by atoms with van der Waals surface area (Å²) in [6.45, 7) is 0. The summed E-state index contributed by atoms with van der Waals surface area (Å²) >= 11 is 0. The fourth-order valence-corrected chi connectivity index (χ4v) is 2.72. The summed E-state index contributed by atoms with van der Waals surface area (Å²) in [5.41, 5.74) is 1.10. The minimum Gasteiger partial charge on any atom is -0.478 e. The van der Waals surface area contributed by atoms with E-state index in [-0.39, 0.29) is 11.5 Å². The molecule has 0 atom stereocenters. The molecule has 0 spiro atoms. The number of hydrogen-bond donors (Lipinski definition) is 2. The number of carboxylic acid groups (broad SMARTS) is 1. The number of amides is 1. The number of nitrogens with zero attached hydrogens (tertiary/aromatic N) is 2. The highest BCUT2D eigenvalue weighted by Gasteiger charge is 2.19. The van der Waals surface area contributed by atoms with Crippen LogP contribution in [0, 0.1) is 0 Å². The summed E-state index contributed by atoms with van der Waals surface area (Å²) in [4.78, 5) is 22.9. The van der Waals surface area contributed by atoms with Crippen molar-refractivity contribution in [1.82, 2.24) is 9.78 Å². The van der Waals surface area contributed by atoms with Crippen molar-refractivity contribution in [2.24, 2.45) is 0 Å². The number of carboxylic acids is 1. The van der Waals surface area contributed by atoms with Crippen molar-refractivity contribution in [2.45, 2.75) is 31.7 Å². The van der Waals surface area contributed by atoms with Crippen molar-refractivity contribution >= 4 is 17.6 Å². The van der Waals surface area contributed by atoms with Crippen LogP contribution in [0.1, 0.15) is 52.6 Å². The molecule has 1 heterocycles. The molecule has 6 heteroatoms. The van der Waals surface area contributed by atoms with Crippen LogP contribution in [0.3, 0.4) is 0 Å². The predicted octanol–water partition coefficient (Wildman–Crippen LogP) is 2.95. The molecular weight excluding hydrogens is 282 g/mol. The largest absolute Gasteiger partial charge is 0.478 e. The van der Waals surface area contributed by atoms with E-state index in [4.69, 9.17) is 5.11 Å². The highest BCUT2D eigenvalue weighted by Crippen LogP contribution is 2.28. The molecule has 0 unspecified atom stereocenters. The SMILES string of the molecule is O=C(O)c1ccc(NC(=O)c2ccn(C3CCCC3)n2)cc1. The van der Waals surface area contributed by atoms with Crippen molar-refractivity contribution in [1.29, 1.82) is 0 Å². The number of anilines is 1. The molecule has 1 aliphatic rings.